The summed E-state index contributed by atoms with van der Waals surface area (Å²) in [7, 11) is 3.94. The highest BCUT2D eigenvalue weighted by Gasteiger charge is 2.19. The van der Waals surface area contributed by atoms with Gasteiger partial charge in [-0.05, 0) is 37.9 Å². The Morgan fingerprint density at radius 2 is 1.91 bits per heavy atom. The number of hydrogen-bond acceptors (Lipinski definition) is 8. The minimum atomic E-state index is -0.388. The first-order chi connectivity index (χ1) is 16.0. The average Bonchev–Trinajstić information content (AvgIpc) is 3.29. The summed E-state index contributed by atoms with van der Waals surface area (Å²) < 4.78 is 6.11. The molecule has 1 N–H and O–H groups in total. The number of carbonyl (C=O) groups excluding carboxylic acids is 1. The molecule has 1 atom stereocenters. The van der Waals surface area contributed by atoms with Gasteiger partial charge < -0.3 is 9.64 Å². The van der Waals surface area contributed by atoms with Gasteiger partial charge in [0, 0.05) is 30.7 Å². The number of nitrogens with one attached hydrogen (secondary N) is 1. The van der Waals surface area contributed by atoms with Crippen LogP contribution in [0.4, 0.5) is 5.13 Å². The summed E-state index contributed by atoms with van der Waals surface area (Å²) in [5.74, 6) is -0.124. The topological polar surface area (TPSA) is 93.1 Å². The van der Waals surface area contributed by atoms with Crippen LogP contribution in [0.3, 0.4) is 0 Å². The quantitative estimate of drug-likeness (QED) is 0.394. The molecule has 10 heteroatoms. The van der Waals surface area contributed by atoms with Gasteiger partial charge in [0.05, 0.1) is 5.56 Å². The zero-order valence-corrected chi connectivity index (χ0v) is 19.5. The second-order valence-corrected chi connectivity index (χ2v) is 8.78. The van der Waals surface area contributed by atoms with E-state index >= 15 is 0 Å². The predicted molar refractivity (Wildman–Crippen MR) is 129 cm³/mol. The van der Waals surface area contributed by atoms with Crippen molar-refractivity contribution in [3.05, 3.63) is 83.3 Å². The molecule has 0 spiro atoms. The summed E-state index contributed by atoms with van der Waals surface area (Å²) in [4.78, 5) is 23.0. The summed E-state index contributed by atoms with van der Waals surface area (Å²) in [6.07, 6.45) is 4.51. The zero-order chi connectivity index (χ0) is 23.2. The van der Waals surface area contributed by atoms with E-state index in [9.17, 15) is 4.79 Å². The summed E-state index contributed by atoms with van der Waals surface area (Å²) in [5, 5.41) is 12.2. The largest absolute Gasteiger partial charge is 0.467 e. The van der Waals surface area contributed by atoms with Crippen LogP contribution in [-0.4, -0.2) is 51.6 Å². The second kappa shape index (κ2) is 10.5. The summed E-state index contributed by atoms with van der Waals surface area (Å²) in [6, 6.07) is 15.0. The van der Waals surface area contributed by atoms with Gasteiger partial charge in [-0.3, -0.25) is 15.1 Å². The minimum Gasteiger partial charge on any atom is -0.467 e. The van der Waals surface area contributed by atoms with Crippen LogP contribution in [0.25, 0.3) is 10.6 Å². The zero-order valence-electron chi connectivity index (χ0n) is 18.0. The first kappa shape index (κ1) is 22.8. The summed E-state index contributed by atoms with van der Waals surface area (Å²) in [5.41, 5.74) is 2.17. The maximum Gasteiger partial charge on any atom is 0.259 e. The van der Waals surface area contributed by atoms with Gasteiger partial charge >= 0.3 is 0 Å². The van der Waals surface area contributed by atoms with E-state index in [2.05, 4.69) is 25.5 Å². The van der Waals surface area contributed by atoms with E-state index in [1.165, 1.54) is 23.6 Å². The van der Waals surface area contributed by atoms with E-state index in [0.717, 1.165) is 11.1 Å². The van der Waals surface area contributed by atoms with Gasteiger partial charge in [0.2, 0.25) is 11.0 Å². The lowest BCUT2D eigenvalue weighted by Gasteiger charge is -2.23. The monoisotopic (exact) mass is 480 g/mol. The van der Waals surface area contributed by atoms with Crippen LogP contribution in [-0.2, 0) is 0 Å². The van der Waals surface area contributed by atoms with Gasteiger partial charge in [0.1, 0.15) is 16.1 Å². The molecule has 1 unspecified atom stereocenters. The van der Waals surface area contributed by atoms with E-state index in [-0.39, 0.29) is 28.5 Å². The second-order valence-electron chi connectivity index (χ2n) is 7.39. The molecule has 0 saturated heterocycles. The van der Waals surface area contributed by atoms with Crippen LogP contribution in [0.5, 0.6) is 5.88 Å². The molecule has 4 rings (SSSR count). The number of benzene rings is 1. The van der Waals surface area contributed by atoms with Crippen LogP contribution in [0.15, 0.2) is 67.1 Å². The van der Waals surface area contributed by atoms with Crippen molar-refractivity contribution in [2.24, 2.45) is 0 Å². The van der Waals surface area contributed by atoms with Crippen LogP contribution >= 0.6 is 22.9 Å². The molecule has 1 amide bonds. The Hall–Kier alpha value is -3.40. The van der Waals surface area contributed by atoms with Crippen molar-refractivity contribution in [2.45, 2.75) is 6.10 Å². The Morgan fingerprint density at radius 1 is 1.15 bits per heavy atom. The number of nitrogens with zero attached hydrogens (tertiary/aromatic N) is 5. The lowest BCUT2D eigenvalue weighted by Crippen LogP contribution is -2.24. The molecule has 33 heavy (non-hydrogen) atoms. The molecule has 0 radical (unpaired) electrons. The maximum atomic E-state index is 12.7. The maximum absolute atomic E-state index is 12.7. The van der Waals surface area contributed by atoms with Crippen molar-refractivity contribution in [2.75, 3.05) is 26.0 Å². The number of hydrogen-bond donors (Lipinski definition) is 1. The molecule has 4 aromatic rings. The molecule has 3 aromatic heterocycles. The lowest BCUT2D eigenvalue weighted by molar-refractivity contribution is 0.102. The van der Waals surface area contributed by atoms with E-state index in [1.807, 2.05) is 61.5 Å². The van der Waals surface area contributed by atoms with Gasteiger partial charge in [-0.25, -0.2) is 4.98 Å². The van der Waals surface area contributed by atoms with Crippen molar-refractivity contribution >= 4 is 34.0 Å². The van der Waals surface area contributed by atoms with Crippen molar-refractivity contribution in [3.8, 4) is 16.5 Å². The normalized spacial score (nSPS) is 11.9. The number of likely N-dealkylation sites (N-methyl/N-ethyl adjacent to an activating group) is 1. The van der Waals surface area contributed by atoms with Gasteiger partial charge in [-0.15, -0.1) is 10.2 Å². The Morgan fingerprint density at radius 3 is 2.61 bits per heavy atom. The molecule has 0 aliphatic rings. The third-order valence-corrected chi connectivity index (χ3v) is 5.76. The molecule has 0 saturated carbocycles. The highest BCUT2D eigenvalue weighted by molar-refractivity contribution is 7.18. The third-order valence-electron chi connectivity index (χ3n) is 4.60. The molecule has 0 aliphatic heterocycles. The highest BCUT2D eigenvalue weighted by Crippen LogP contribution is 2.29. The molecule has 0 fully saturated rings. The molecule has 8 nitrogen and oxygen atoms in total. The van der Waals surface area contributed by atoms with E-state index < -0.39 is 0 Å². The molecule has 0 aliphatic carbocycles. The number of anilines is 1. The van der Waals surface area contributed by atoms with Crippen LogP contribution < -0.4 is 10.1 Å². The van der Waals surface area contributed by atoms with Crippen molar-refractivity contribution in [1.29, 1.82) is 0 Å². The van der Waals surface area contributed by atoms with Gasteiger partial charge in [-0.2, -0.15) is 0 Å². The fraction of sp³-hybridized carbons (Fsp3) is 0.174. The minimum absolute atomic E-state index is 0.247. The van der Waals surface area contributed by atoms with Crippen LogP contribution in [0.2, 0.25) is 5.02 Å². The fourth-order valence-corrected chi connectivity index (χ4v) is 3.99. The molecule has 1 aromatic carbocycles. The molecular formula is C23H21ClN6O2S. The van der Waals surface area contributed by atoms with Crippen molar-refractivity contribution in [3.63, 3.8) is 0 Å². The lowest BCUT2D eigenvalue weighted by atomic mass is 10.1. The number of carbonyl (C=O) groups is 1. The average molecular weight is 481 g/mol. The van der Waals surface area contributed by atoms with Gasteiger partial charge in [-0.1, -0.05) is 53.3 Å². The number of pyridine rings is 2. The number of amides is 1. The van der Waals surface area contributed by atoms with Gasteiger partial charge in [0.25, 0.3) is 5.91 Å². The predicted octanol–water partition coefficient (Wildman–Crippen LogP) is 4.58. The number of ether oxygens (including phenoxy) is 1. The SMILES string of the molecule is CN(C)CC(Oc1ncc(C(=O)Nc2nnc(-c3ccncc3)s2)cc1Cl)c1ccccc1. The molecule has 0 bridgehead atoms. The number of rotatable bonds is 8. The number of halogens is 1. The Balaban J connectivity index is 1.46. The molecule has 168 valence electrons. The first-order valence-corrected chi connectivity index (χ1v) is 11.3. The smallest absolute Gasteiger partial charge is 0.259 e. The number of aromatic nitrogens is 4. The van der Waals surface area contributed by atoms with Crippen molar-refractivity contribution in [1.82, 2.24) is 25.1 Å². The Kier molecular flexibility index (Phi) is 7.23. The Bertz CT molecular complexity index is 1220. The van der Waals surface area contributed by atoms with Gasteiger partial charge in [0.15, 0.2) is 0 Å². The van der Waals surface area contributed by atoms with E-state index in [4.69, 9.17) is 16.3 Å². The van der Waals surface area contributed by atoms with Crippen LogP contribution in [0.1, 0.15) is 22.0 Å². The molecular weight excluding hydrogens is 460 g/mol. The van der Waals surface area contributed by atoms with E-state index in [0.29, 0.717) is 16.7 Å². The standard InChI is InChI=1S/C23H21ClN6O2S/c1-30(2)14-19(15-6-4-3-5-7-15)32-21-18(24)12-17(13-26-21)20(31)27-23-29-28-22(33-23)16-8-10-25-11-9-16/h3-13,19H,14H2,1-2H3,(H,27,29,31). The third kappa shape index (κ3) is 5.89. The van der Waals surface area contributed by atoms with E-state index in [1.54, 1.807) is 12.4 Å². The van der Waals surface area contributed by atoms with Crippen LogP contribution in [0, 0.1) is 0 Å². The highest BCUT2D eigenvalue weighted by atomic mass is 35.5. The molecule has 3 heterocycles. The summed E-state index contributed by atoms with van der Waals surface area (Å²) in [6.45, 7) is 0.640. The first-order valence-electron chi connectivity index (χ1n) is 10.1. The Labute approximate surface area is 200 Å². The van der Waals surface area contributed by atoms with Crippen molar-refractivity contribution < 1.29 is 9.53 Å². The fourth-order valence-electron chi connectivity index (χ4n) is 3.04. The summed E-state index contributed by atoms with van der Waals surface area (Å²) >= 11 is 7.68.